The first-order chi connectivity index (χ1) is 4.91. The van der Waals surface area contributed by atoms with E-state index in [9.17, 15) is 0 Å². The maximum atomic E-state index is 3.82. The van der Waals surface area contributed by atoms with Crippen LogP contribution in [0.5, 0.6) is 0 Å². The SMILES string of the molecule is [AlH3].[CH2]CCCCCCCCC. The Morgan fingerprint density at radius 3 is 1.73 bits per heavy atom. The van der Waals surface area contributed by atoms with Gasteiger partial charge in [-0.3, -0.25) is 0 Å². The zero-order valence-corrected chi connectivity index (χ0v) is 7.36. The Kier molecular flexibility index (Phi) is 16.8. The van der Waals surface area contributed by atoms with Gasteiger partial charge in [-0.25, -0.2) is 0 Å². The van der Waals surface area contributed by atoms with E-state index in [0.29, 0.717) is 0 Å². The van der Waals surface area contributed by atoms with Crippen molar-refractivity contribution in [3.63, 3.8) is 0 Å². The second-order valence-corrected chi connectivity index (χ2v) is 2.97. The van der Waals surface area contributed by atoms with Crippen molar-refractivity contribution >= 4 is 17.4 Å². The Morgan fingerprint density at radius 2 is 1.27 bits per heavy atom. The molecule has 0 fully saturated rings. The molecule has 0 nitrogen and oxygen atoms in total. The highest BCUT2D eigenvalue weighted by Gasteiger charge is 1.87. The Bertz CT molecular complexity index is 44.8. The summed E-state index contributed by atoms with van der Waals surface area (Å²) >= 11 is 0. The average Bonchev–Trinajstić information content (AvgIpc) is 1.97. The fourth-order valence-corrected chi connectivity index (χ4v) is 1.13. The molecule has 0 aliphatic rings. The summed E-state index contributed by atoms with van der Waals surface area (Å²) in [4.78, 5) is 0. The van der Waals surface area contributed by atoms with Gasteiger partial charge >= 0.3 is 0 Å². The lowest BCUT2D eigenvalue weighted by atomic mass is 10.1. The molecular formula is C10H24Al. The summed E-state index contributed by atoms with van der Waals surface area (Å²) in [5, 5.41) is 0. The van der Waals surface area contributed by atoms with Gasteiger partial charge in [0, 0.05) is 0 Å². The van der Waals surface area contributed by atoms with Crippen LogP contribution in [0.1, 0.15) is 58.3 Å². The minimum atomic E-state index is 0. The number of hydrogen-bond acceptors (Lipinski definition) is 0. The first-order valence-electron chi connectivity index (χ1n) is 4.71. The molecule has 0 N–H and O–H groups in total. The molecule has 0 atom stereocenters. The first kappa shape index (κ1) is 14.1. The predicted molar refractivity (Wildman–Crippen MR) is 57.9 cm³/mol. The van der Waals surface area contributed by atoms with Crippen LogP contribution in [-0.2, 0) is 0 Å². The highest BCUT2D eigenvalue weighted by molar-refractivity contribution is 5.75. The van der Waals surface area contributed by atoms with Crippen LogP contribution in [0.2, 0.25) is 0 Å². The molecule has 1 heteroatoms. The quantitative estimate of drug-likeness (QED) is 0.408. The molecule has 0 heterocycles. The fraction of sp³-hybridized carbons (Fsp3) is 0.900. The summed E-state index contributed by atoms with van der Waals surface area (Å²) in [5.74, 6) is 0. The second kappa shape index (κ2) is 13.1. The number of rotatable bonds is 7. The van der Waals surface area contributed by atoms with Crippen LogP contribution in [0, 0.1) is 6.92 Å². The summed E-state index contributed by atoms with van der Waals surface area (Å²) < 4.78 is 0. The molecular weight excluding hydrogens is 147 g/mol. The Labute approximate surface area is 82.9 Å². The van der Waals surface area contributed by atoms with Crippen LogP contribution in [0.4, 0.5) is 0 Å². The Hall–Kier alpha value is 0.532. The summed E-state index contributed by atoms with van der Waals surface area (Å²) in [6, 6.07) is 0. The highest BCUT2D eigenvalue weighted by Crippen LogP contribution is 2.07. The molecule has 0 aromatic carbocycles. The van der Waals surface area contributed by atoms with Crippen LogP contribution in [-0.4, -0.2) is 17.4 Å². The molecule has 0 aliphatic carbocycles. The fourth-order valence-electron chi connectivity index (χ4n) is 1.13. The third-order valence-corrected chi connectivity index (χ3v) is 1.85. The molecule has 67 valence electrons. The third-order valence-electron chi connectivity index (χ3n) is 1.85. The summed E-state index contributed by atoms with van der Waals surface area (Å²) in [7, 11) is 0. The topological polar surface area (TPSA) is 0 Å². The minimum Gasteiger partial charge on any atom is -0.0654 e. The summed E-state index contributed by atoms with van der Waals surface area (Å²) in [6.07, 6.45) is 10.9. The maximum Gasteiger partial charge on any atom is 0.187 e. The van der Waals surface area contributed by atoms with Crippen molar-refractivity contribution in [3.05, 3.63) is 6.92 Å². The largest absolute Gasteiger partial charge is 0.187 e. The van der Waals surface area contributed by atoms with Crippen LogP contribution >= 0.6 is 0 Å². The summed E-state index contributed by atoms with van der Waals surface area (Å²) in [6.45, 7) is 6.08. The lowest BCUT2D eigenvalue weighted by Crippen LogP contribution is -1.77. The molecule has 0 amide bonds. The molecule has 11 heavy (non-hydrogen) atoms. The van der Waals surface area contributed by atoms with E-state index in [-0.39, 0.29) is 17.4 Å². The lowest BCUT2D eigenvalue weighted by molar-refractivity contribution is 0.592. The molecule has 0 saturated carbocycles. The van der Waals surface area contributed by atoms with Crippen LogP contribution in [0.25, 0.3) is 0 Å². The lowest BCUT2D eigenvalue weighted by Gasteiger charge is -1.97. The summed E-state index contributed by atoms with van der Waals surface area (Å²) in [5.41, 5.74) is 0. The second-order valence-electron chi connectivity index (χ2n) is 2.97. The number of hydrogen-bond donors (Lipinski definition) is 0. The zero-order chi connectivity index (χ0) is 7.66. The smallest absolute Gasteiger partial charge is 0.0654 e. The van der Waals surface area contributed by atoms with Gasteiger partial charge in [-0.1, -0.05) is 65.2 Å². The van der Waals surface area contributed by atoms with E-state index in [1.807, 2.05) is 0 Å². The predicted octanol–water partition coefficient (Wildman–Crippen LogP) is 2.78. The minimum absolute atomic E-state index is 0. The molecule has 0 unspecified atom stereocenters. The van der Waals surface area contributed by atoms with E-state index < -0.39 is 0 Å². The normalized spacial score (nSPS) is 9.27. The number of unbranched alkanes of at least 4 members (excludes halogenated alkanes) is 7. The molecule has 0 aromatic heterocycles. The van der Waals surface area contributed by atoms with Crippen molar-refractivity contribution in [2.45, 2.75) is 58.3 Å². The van der Waals surface area contributed by atoms with Crippen molar-refractivity contribution in [1.82, 2.24) is 0 Å². The van der Waals surface area contributed by atoms with Crippen molar-refractivity contribution in [1.29, 1.82) is 0 Å². The van der Waals surface area contributed by atoms with Gasteiger partial charge in [0.2, 0.25) is 0 Å². The van der Waals surface area contributed by atoms with Crippen molar-refractivity contribution in [2.75, 3.05) is 0 Å². The van der Waals surface area contributed by atoms with Gasteiger partial charge in [0.25, 0.3) is 0 Å². The van der Waals surface area contributed by atoms with Gasteiger partial charge in [0.05, 0.1) is 0 Å². The Morgan fingerprint density at radius 1 is 0.818 bits per heavy atom. The molecule has 1 radical (unpaired) electrons. The first-order valence-corrected chi connectivity index (χ1v) is 4.71. The monoisotopic (exact) mass is 171 g/mol. The van der Waals surface area contributed by atoms with Crippen molar-refractivity contribution < 1.29 is 0 Å². The third kappa shape index (κ3) is 13.5. The molecule has 0 aliphatic heterocycles. The van der Waals surface area contributed by atoms with Crippen molar-refractivity contribution in [3.8, 4) is 0 Å². The molecule has 0 saturated heterocycles. The van der Waals surface area contributed by atoms with Crippen molar-refractivity contribution in [2.24, 2.45) is 0 Å². The van der Waals surface area contributed by atoms with Gasteiger partial charge in [0.1, 0.15) is 0 Å². The van der Waals surface area contributed by atoms with Gasteiger partial charge < -0.3 is 0 Å². The standard InChI is InChI=1S/C10H21.Al.3H/c1-3-5-7-9-10-8-6-4-2;;;;/h1,3-10H2,2H3;;;;. The zero-order valence-electron chi connectivity index (χ0n) is 7.36. The molecule has 0 rings (SSSR count). The van der Waals surface area contributed by atoms with Crippen LogP contribution in [0.3, 0.4) is 0 Å². The van der Waals surface area contributed by atoms with Gasteiger partial charge in [-0.15, -0.1) is 0 Å². The van der Waals surface area contributed by atoms with E-state index in [4.69, 9.17) is 0 Å². The van der Waals surface area contributed by atoms with E-state index in [1.165, 1.54) is 44.9 Å². The van der Waals surface area contributed by atoms with E-state index >= 15 is 0 Å². The van der Waals surface area contributed by atoms with E-state index in [2.05, 4.69) is 13.8 Å². The average molecular weight is 171 g/mol. The molecule has 0 bridgehead atoms. The Balaban J connectivity index is 0. The molecule has 0 aromatic rings. The van der Waals surface area contributed by atoms with Crippen LogP contribution < -0.4 is 0 Å². The van der Waals surface area contributed by atoms with E-state index in [1.54, 1.807) is 0 Å². The molecule has 0 spiro atoms. The van der Waals surface area contributed by atoms with E-state index in [0.717, 1.165) is 6.42 Å². The van der Waals surface area contributed by atoms with Gasteiger partial charge in [-0.2, -0.15) is 0 Å². The van der Waals surface area contributed by atoms with Gasteiger partial charge in [-0.05, 0) is 0 Å². The van der Waals surface area contributed by atoms with Gasteiger partial charge in [0.15, 0.2) is 17.4 Å². The maximum absolute atomic E-state index is 3.82. The highest BCUT2D eigenvalue weighted by atomic mass is 27.0. The van der Waals surface area contributed by atoms with Crippen LogP contribution in [0.15, 0.2) is 0 Å².